The van der Waals surface area contributed by atoms with Crippen LogP contribution in [0.1, 0.15) is 38.1 Å². The number of anilines is 1. The smallest absolute Gasteiger partial charge is 0.251 e. The van der Waals surface area contributed by atoms with Gasteiger partial charge in [-0.3, -0.25) is 4.79 Å². The number of rotatable bonds is 5. The van der Waals surface area contributed by atoms with E-state index in [-0.39, 0.29) is 11.9 Å². The van der Waals surface area contributed by atoms with Gasteiger partial charge in [-0.15, -0.1) is 0 Å². The minimum atomic E-state index is -0.125. The van der Waals surface area contributed by atoms with Gasteiger partial charge >= 0.3 is 0 Å². The molecular weight excluding hydrogens is 250 g/mol. The van der Waals surface area contributed by atoms with E-state index >= 15 is 0 Å². The van der Waals surface area contributed by atoms with Gasteiger partial charge in [0.2, 0.25) is 0 Å². The second-order valence-corrected chi connectivity index (χ2v) is 4.99. The molecule has 0 spiro atoms. The van der Waals surface area contributed by atoms with Gasteiger partial charge in [0.05, 0.1) is 0 Å². The molecule has 1 aromatic rings. The molecule has 1 unspecified atom stereocenters. The number of hydrogen-bond acceptors (Lipinski definition) is 3. The Kier molecular flexibility index (Phi) is 5.41. The topological polar surface area (TPSA) is 54.0 Å². The molecule has 0 radical (unpaired) electrons. The van der Waals surface area contributed by atoms with E-state index in [0.29, 0.717) is 22.5 Å². The van der Waals surface area contributed by atoms with Crippen LogP contribution in [0.3, 0.4) is 0 Å². The Labute approximate surface area is 113 Å². The Morgan fingerprint density at radius 3 is 2.61 bits per heavy atom. The van der Waals surface area contributed by atoms with E-state index in [9.17, 15) is 4.79 Å². The Hall–Kier alpha value is -1.29. The van der Waals surface area contributed by atoms with Crippen LogP contribution in [0.5, 0.6) is 0 Å². The fourth-order valence-electron chi connectivity index (χ4n) is 1.36. The molecule has 5 heteroatoms. The van der Waals surface area contributed by atoms with Crippen molar-refractivity contribution in [2.75, 3.05) is 11.9 Å². The Morgan fingerprint density at radius 2 is 2.06 bits per heavy atom. The van der Waals surface area contributed by atoms with Gasteiger partial charge in [-0.2, -0.15) is 0 Å². The lowest BCUT2D eigenvalue weighted by atomic mass is 10.1. The molecule has 0 aromatic carbocycles. The zero-order chi connectivity index (χ0) is 13.7. The monoisotopic (exact) mass is 269 g/mol. The number of aromatic nitrogens is 1. The minimum absolute atomic E-state index is 0.118. The Bertz CT molecular complexity index is 421. The number of amides is 1. The summed E-state index contributed by atoms with van der Waals surface area (Å²) in [4.78, 5) is 16.1. The number of hydrogen-bond donors (Lipinski definition) is 2. The van der Waals surface area contributed by atoms with Crippen LogP contribution in [0.25, 0.3) is 0 Å². The third kappa shape index (κ3) is 4.18. The first-order valence-corrected chi connectivity index (χ1v) is 6.54. The van der Waals surface area contributed by atoms with Crippen LogP contribution in [0.4, 0.5) is 5.82 Å². The Balaban J connectivity index is 2.85. The molecule has 0 aliphatic rings. The predicted octanol–water partition coefficient (Wildman–Crippen LogP) is 2.94. The second-order valence-electron chi connectivity index (χ2n) is 4.60. The van der Waals surface area contributed by atoms with Crippen LogP contribution >= 0.6 is 11.6 Å². The van der Waals surface area contributed by atoms with Crippen molar-refractivity contribution in [3.63, 3.8) is 0 Å². The molecule has 0 fully saturated rings. The fraction of sp³-hybridized carbons (Fsp3) is 0.538. The second kappa shape index (κ2) is 6.59. The number of carbonyl (C=O) groups excluding carboxylic acids is 1. The molecular formula is C13H20ClN3O. The minimum Gasteiger partial charge on any atom is -0.370 e. The average Bonchev–Trinajstić information content (AvgIpc) is 2.28. The van der Waals surface area contributed by atoms with E-state index < -0.39 is 0 Å². The van der Waals surface area contributed by atoms with Crippen molar-refractivity contribution in [3.8, 4) is 0 Å². The molecule has 1 heterocycles. The van der Waals surface area contributed by atoms with E-state index in [1.54, 1.807) is 12.1 Å². The number of carbonyl (C=O) groups is 1. The van der Waals surface area contributed by atoms with E-state index in [2.05, 4.69) is 29.5 Å². The van der Waals surface area contributed by atoms with Gasteiger partial charge in [-0.05, 0) is 31.9 Å². The highest BCUT2D eigenvalue weighted by Gasteiger charge is 2.14. The molecule has 2 N–H and O–H groups in total. The molecule has 1 amide bonds. The Morgan fingerprint density at radius 1 is 1.39 bits per heavy atom. The van der Waals surface area contributed by atoms with Crippen molar-refractivity contribution in [1.82, 2.24) is 10.3 Å². The van der Waals surface area contributed by atoms with Crippen molar-refractivity contribution in [1.29, 1.82) is 0 Å². The lowest BCUT2D eigenvalue weighted by molar-refractivity contribution is 0.0930. The lowest BCUT2D eigenvalue weighted by Gasteiger charge is -2.17. The fourth-order valence-corrected chi connectivity index (χ4v) is 1.57. The molecule has 0 aliphatic heterocycles. The van der Waals surface area contributed by atoms with Gasteiger partial charge in [0.25, 0.3) is 5.91 Å². The van der Waals surface area contributed by atoms with Crippen LogP contribution in [-0.2, 0) is 0 Å². The summed E-state index contributed by atoms with van der Waals surface area (Å²) >= 11 is 5.90. The van der Waals surface area contributed by atoms with Crippen LogP contribution in [-0.4, -0.2) is 23.5 Å². The van der Waals surface area contributed by atoms with Crippen LogP contribution in [0.2, 0.25) is 5.15 Å². The summed E-state index contributed by atoms with van der Waals surface area (Å²) in [5, 5.41) is 6.30. The van der Waals surface area contributed by atoms with E-state index in [1.165, 1.54) is 0 Å². The lowest BCUT2D eigenvalue weighted by Crippen LogP contribution is -2.36. The quantitative estimate of drug-likeness (QED) is 0.808. The summed E-state index contributed by atoms with van der Waals surface area (Å²) in [5.74, 6) is 0.881. The predicted molar refractivity (Wildman–Crippen MR) is 75.2 cm³/mol. The maximum Gasteiger partial charge on any atom is 0.251 e. The summed E-state index contributed by atoms with van der Waals surface area (Å²) in [6.07, 6.45) is 0. The number of halogens is 1. The number of nitrogens with one attached hydrogen (secondary N) is 2. The van der Waals surface area contributed by atoms with E-state index in [0.717, 1.165) is 6.54 Å². The summed E-state index contributed by atoms with van der Waals surface area (Å²) in [5.41, 5.74) is 0.526. The van der Waals surface area contributed by atoms with Gasteiger partial charge in [-0.1, -0.05) is 25.4 Å². The standard InChI is InChI=1S/C13H20ClN3O/c1-5-15-12-7-10(6-11(14)17-12)13(18)16-9(4)8(2)3/h6-9H,5H2,1-4H3,(H,15,17)(H,16,18). The molecule has 0 saturated heterocycles. The van der Waals surface area contributed by atoms with Crippen molar-refractivity contribution >= 4 is 23.3 Å². The highest BCUT2D eigenvalue weighted by molar-refractivity contribution is 6.29. The molecule has 1 rings (SSSR count). The first-order chi connectivity index (χ1) is 8.43. The van der Waals surface area contributed by atoms with Gasteiger partial charge < -0.3 is 10.6 Å². The largest absolute Gasteiger partial charge is 0.370 e. The zero-order valence-corrected chi connectivity index (χ0v) is 12.0. The number of nitrogens with zero attached hydrogens (tertiary/aromatic N) is 1. The molecule has 1 atom stereocenters. The van der Waals surface area contributed by atoms with Gasteiger partial charge in [0.1, 0.15) is 11.0 Å². The highest BCUT2D eigenvalue weighted by Crippen LogP contribution is 2.15. The summed E-state index contributed by atoms with van der Waals surface area (Å²) < 4.78 is 0. The third-order valence-corrected chi connectivity index (χ3v) is 2.97. The first-order valence-electron chi connectivity index (χ1n) is 6.16. The average molecular weight is 270 g/mol. The van der Waals surface area contributed by atoms with Crippen LogP contribution in [0, 0.1) is 5.92 Å². The molecule has 18 heavy (non-hydrogen) atoms. The molecule has 0 saturated carbocycles. The van der Waals surface area contributed by atoms with E-state index in [4.69, 9.17) is 11.6 Å². The summed E-state index contributed by atoms with van der Waals surface area (Å²) in [6.45, 7) is 8.81. The van der Waals surface area contributed by atoms with Gasteiger partial charge in [-0.25, -0.2) is 4.98 Å². The third-order valence-electron chi connectivity index (χ3n) is 2.77. The number of pyridine rings is 1. The van der Waals surface area contributed by atoms with Crippen molar-refractivity contribution in [2.45, 2.75) is 33.7 Å². The maximum atomic E-state index is 12.0. The van der Waals surface area contributed by atoms with Crippen LogP contribution in [0.15, 0.2) is 12.1 Å². The molecule has 100 valence electrons. The summed E-state index contributed by atoms with van der Waals surface area (Å²) in [7, 11) is 0. The molecule has 1 aromatic heterocycles. The van der Waals surface area contributed by atoms with Crippen molar-refractivity contribution in [2.24, 2.45) is 5.92 Å². The molecule has 4 nitrogen and oxygen atoms in total. The van der Waals surface area contributed by atoms with Crippen molar-refractivity contribution in [3.05, 3.63) is 22.8 Å². The highest BCUT2D eigenvalue weighted by atomic mass is 35.5. The maximum absolute atomic E-state index is 12.0. The van der Waals surface area contributed by atoms with Gasteiger partial charge in [0.15, 0.2) is 0 Å². The van der Waals surface area contributed by atoms with E-state index in [1.807, 2.05) is 13.8 Å². The van der Waals surface area contributed by atoms with Crippen molar-refractivity contribution < 1.29 is 4.79 Å². The first kappa shape index (κ1) is 14.8. The van der Waals surface area contributed by atoms with Gasteiger partial charge in [0, 0.05) is 18.2 Å². The zero-order valence-electron chi connectivity index (χ0n) is 11.2. The molecule has 0 aliphatic carbocycles. The summed E-state index contributed by atoms with van der Waals surface area (Å²) in [6, 6.07) is 3.40. The molecule has 0 bridgehead atoms. The van der Waals surface area contributed by atoms with Crippen LogP contribution < -0.4 is 10.6 Å². The normalized spacial score (nSPS) is 12.3. The SMILES string of the molecule is CCNc1cc(C(=O)NC(C)C(C)C)cc(Cl)n1.